The van der Waals surface area contributed by atoms with Crippen LogP contribution in [0.2, 0.25) is 0 Å². The van der Waals surface area contributed by atoms with E-state index in [0.717, 1.165) is 34.2 Å². The minimum absolute atomic E-state index is 0.102. The molecule has 0 aliphatic carbocycles. The maximum Gasteiger partial charge on any atom is 0.264 e. The lowest BCUT2D eigenvalue weighted by atomic mass is 10.1. The van der Waals surface area contributed by atoms with Crippen LogP contribution in [0.1, 0.15) is 54.5 Å². The smallest absolute Gasteiger partial charge is 0.264 e. The number of nitrogens with one attached hydrogen (secondary N) is 1. The molecule has 1 atom stereocenters. The van der Waals surface area contributed by atoms with Gasteiger partial charge in [-0.05, 0) is 81.0 Å². The van der Waals surface area contributed by atoms with Crippen LogP contribution in [-0.4, -0.2) is 44.3 Å². The number of carbonyl (C=O) groups is 2. The largest absolute Gasteiger partial charge is 0.354 e. The Hall–Kier alpha value is -3.65. The van der Waals surface area contributed by atoms with Crippen LogP contribution < -0.4 is 9.62 Å². The number of nitrogens with zero attached hydrogens (tertiary/aromatic N) is 2. The first-order valence-corrected chi connectivity index (χ1v) is 15.2. The van der Waals surface area contributed by atoms with Gasteiger partial charge in [-0.25, -0.2) is 8.42 Å². The van der Waals surface area contributed by atoms with Crippen LogP contribution in [0.25, 0.3) is 0 Å². The molecule has 214 valence electrons. The van der Waals surface area contributed by atoms with Crippen LogP contribution in [0.15, 0.2) is 71.6 Å². The molecule has 3 aromatic carbocycles. The molecule has 0 aromatic heterocycles. The molecule has 3 rings (SSSR count). The summed E-state index contributed by atoms with van der Waals surface area (Å²) in [5.41, 5.74) is 4.94. The fourth-order valence-corrected chi connectivity index (χ4v) is 6.08. The van der Waals surface area contributed by atoms with Gasteiger partial charge < -0.3 is 10.2 Å². The molecular formula is C32H41N3O4S. The standard InChI is InChI=1S/C32H41N3O4S/c1-7-20-33-32(37)29(8-2)34(21-27-14-10-9-12-25(27)5)31(36)22-35(30-15-11-13-24(4)26(30)6)40(38,39)28-18-16-23(3)17-19-28/h9-19,29H,7-8,20-22H2,1-6H3,(H,33,37)/t29-/m0/s1. The van der Waals surface area contributed by atoms with Crippen LogP contribution in [0, 0.1) is 27.7 Å². The topological polar surface area (TPSA) is 86.8 Å². The van der Waals surface area contributed by atoms with Crippen molar-refractivity contribution in [3.8, 4) is 0 Å². The van der Waals surface area contributed by atoms with Gasteiger partial charge >= 0.3 is 0 Å². The summed E-state index contributed by atoms with van der Waals surface area (Å²) < 4.78 is 29.3. The minimum atomic E-state index is -4.10. The van der Waals surface area contributed by atoms with Gasteiger partial charge in [0.05, 0.1) is 10.6 Å². The molecule has 0 heterocycles. The van der Waals surface area contributed by atoms with Gasteiger partial charge in [0, 0.05) is 13.1 Å². The van der Waals surface area contributed by atoms with E-state index >= 15 is 0 Å². The molecule has 0 saturated heterocycles. The fraction of sp³-hybridized carbons (Fsp3) is 0.375. The number of hydrogen-bond acceptors (Lipinski definition) is 4. The van der Waals surface area contributed by atoms with Crippen molar-refractivity contribution in [1.82, 2.24) is 10.2 Å². The molecule has 2 amide bonds. The van der Waals surface area contributed by atoms with Crippen molar-refractivity contribution in [1.29, 1.82) is 0 Å². The van der Waals surface area contributed by atoms with Gasteiger partial charge in [-0.1, -0.05) is 67.9 Å². The average Bonchev–Trinajstić information content (AvgIpc) is 2.93. The SMILES string of the molecule is CCCNC(=O)[C@H](CC)N(Cc1ccccc1C)C(=O)CN(c1cccc(C)c1C)S(=O)(=O)c1ccc(C)cc1. The Kier molecular flexibility index (Phi) is 10.5. The van der Waals surface area contributed by atoms with E-state index in [1.54, 1.807) is 36.4 Å². The van der Waals surface area contributed by atoms with Crippen molar-refractivity contribution in [3.63, 3.8) is 0 Å². The number of benzene rings is 3. The van der Waals surface area contributed by atoms with Crippen molar-refractivity contribution in [2.75, 3.05) is 17.4 Å². The molecule has 8 heteroatoms. The van der Waals surface area contributed by atoms with E-state index in [2.05, 4.69) is 5.32 Å². The summed E-state index contributed by atoms with van der Waals surface area (Å²) in [7, 11) is -4.10. The summed E-state index contributed by atoms with van der Waals surface area (Å²) in [6.07, 6.45) is 1.16. The van der Waals surface area contributed by atoms with Crippen molar-refractivity contribution in [3.05, 3.63) is 94.5 Å². The molecule has 0 saturated carbocycles. The van der Waals surface area contributed by atoms with Crippen LogP contribution in [-0.2, 0) is 26.2 Å². The summed E-state index contributed by atoms with van der Waals surface area (Å²) in [5, 5.41) is 2.92. The summed E-state index contributed by atoms with van der Waals surface area (Å²) in [5.74, 6) is -0.690. The Morgan fingerprint density at radius 1 is 0.850 bits per heavy atom. The van der Waals surface area contributed by atoms with Gasteiger partial charge in [0.15, 0.2) is 0 Å². The second kappa shape index (κ2) is 13.6. The number of rotatable bonds is 12. The van der Waals surface area contributed by atoms with E-state index in [1.165, 1.54) is 9.21 Å². The van der Waals surface area contributed by atoms with E-state index in [0.29, 0.717) is 18.7 Å². The average molecular weight is 564 g/mol. The summed E-state index contributed by atoms with van der Waals surface area (Å²) >= 11 is 0. The first kappa shape index (κ1) is 30.9. The normalized spacial score (nSPS) is 12.1. The van der Waals surface area contributed by atoms with Crippen LogP contribution in [0.5, 0.6) is 0 Å². The van der Waals surface area contributed by atoms with Crippen LogP contribution in [0.3, 0.4) is 0 Å². The Morgan fingerprint density at radius 3 is 2.12 bits per heavy atom. The van der Waals surface area contributed by atoms with Gasteiger partial charge in [0.2, 0.25) is 11.8 Å². The summed E-state index contributed by atoms with van der Waals surface area (Å²) in [6, 6.07) is 19.0. The molecule has 0 radical (unpaired) electrons. The Labute approximate surface area is 239 Å². The minimum Gasteiger partial charge on any atom is -0.354 e. The Balaban J connectivity index is 2.11. The van der Waals surface area contributed by atoms with E-state index in [-0.39, 0.29) is 17.3 Å². The van der Waals surface area contributed by atoms with E-state index in [1.807, 2.05) is 71.9 Å². The van der Waals surface area contributed by atoms with Crippen molar-refractivity contribution in [2.45, 2.75) is 71.9 Å². The first-order chi connectivity index (χ1) is 19.0. The maximum absolute atomic E-state index is 14.2. The van der Waals surface area contributed by atoms with Crippen molar-refractivity contribution < 1.29 is 18.0 Å². The van der Waals surface area contributed by atoms with Gasteiger partial charge in [0.1, 0.15) is 12.6 Å². The highest BCUT2D eigenvalue weighted by molar-refractivity contribution is 7.92. The zero-order valence-electron chi connectivity index (χ0n) is 24.4. The zero-order valence-corrected chi connectivity index (χ0v) is 25.2. The summed E-state index contributed by atoms with van der Waals surface area (Å²) in [4.78, 5) is 29.0. The summed E-state index contributed by atoms with van der Waals surface area (Å²) in [6.45, 7) is 11.7. The number of aryl methyl sites for hydroxylation is 3. The molecule has 0 spiro atoms. The van der Waals surface area contributed by atoms with Crippen molar-refractivity contribution >= 4 is 27.5 Å². The zero-order chi connectivity index (χ0) is 29.4. The predicted octanol–water partition coefficient (Wildman–Crippen LogP) is 5.45. The van der Waals surface area contributed by atoms with Gasteiger partial charge in [0.25, 0.3) is 10.0 Å². The van der Waals surface area contributed by atoms with E-state index in [4.69, 9.17) is 0 Å². The lowest BCUT2D eigenvalue weighted by Crippen LogP contribution is -2.52. The highest BCUT2D eigenvalue weighted by atomic mass is 32.2. The lowest BCUT2D eigenvalue weighted by molar-refractivity contribution is -0.140. The molecule has 0 aliphatic rings. The third kappa shape index (κ3) is 7.10. The molecule has 3 aromatic rings. The monoisotopic (exact) mass is 563 g/mol. The predicted molar refractivity (Wildman–Crippen MR) is 161 cm³/mol. The number of amides is 2. The number of hydrogen-bond donors (Lipinski definition) is 1. The maximum atomic E-state index is 14.2. The molecule has 1 N–H and O–H groups in total. The number of carbonyl (C=O) groups excluding carboxylic acids is 2. The Bertz CT molecular complexity index is 1430. The highest BCUT2D eigenvalue weighted by Crippen LogP contribution is 2.29. The second-order valence-corrected chi connectivity index (χ2v) is 12.1. The fourth-order valence-electron chi connectivity index (χ4n) is 4.61. The molecule has 7 nitrogen and oxygen atoms in total. The van der Waals surface area contributed by atoms with Crippen molar-refractivity contribution in [2.24, 2.45) is 0 Å². The molecule has 40 heavy (non-hydrogen) atoms. The third-order valence-electron chi connectivity index (χ3n) is 7.27. The first-order valence-electron chi connectivity index (χ1n) is 13.8. The van der Waals surface area contributed by atoms with Gasteiger partial charge in [-0.15, -0.1) is 0 Å². The third-order valence-corrected chi connectivity index (χ3v) is 9.04. The quantitative estimate of drug-likeness (QED) is 0.318. The molecule has 0 aliphatic heterocycles. The van der Waals surface area contributed by atoms with Crippen LogP contribution >= 0.6 is 0 Å². The van der Waals surface area contributed by atoms with E-state index < -0.39 is 28.5 Å². The highest BCUT2D eigenvalue weighted by Gasteiger charge is 2.34. The van der Waals surface area contributed by atoms with E-state index in [9.17, 15) is 18.0 Å². The Morgan fingerprint density at radius 2 is 1.50 bits per heavy atom. The lowest BCUT2D eigenvalue weighted by Gasteiger charge is -2.34. The molecule has 0 fully saturated rings. The van der Waals surface area contributed by atoms with Gasteiger partial charge in [-0.2, -0.15) is 0 Å². The molecule has 0 bridgehead atoms. The second-order valence-electron chi connectivity index (χ2n) is 10.2. The molecular weight excluding hydrogens is 522 g/mol. The molecule has 0 unspecified atom stereocenters. The number of anilines is 1. The van der Waals surface area contributed by atoms with Crippen LogP contribution in [0.4, 0.5) is 5.69 Å². The number of sulfonamides is 1. The van der Waals surface area contributed by atoms with Gasteiger partial charge in [-0.3, -0.25) is 13.9 Å².